The lowest BCUT2D eigenvalue weighted by Crippen LogP contribution is -2.51. The van der Waals surface area contributed by atoms with Crippen molar-refractivity contribution in [3.05, 3.63) is 30.5 Å². The Morgan fingerprint density at radius 2 is 2.08 bits per heavy atom. The van der Waals surface area contributed by atoms with Crippen molar-refractivity contribution in [3.8, 4) is 0 Å². The Bertz CT molecular complexity index is 750. The Balaban J connectivity index is 1.53. The number of β-amino-alcohol motifs (C(OH)–C–C–N with tert-alkyl or cyclic N) is 1. The zero-order valence-electron chi connectivity index (χ0n) is 15.5. The first-order chi connectivity index (χ1) is 12.5. The minimum atomic E-state index is -0.991. The van der Waals surface area contributed by atoms with Gasteiger partial charge in [-0.15, -0.1) is 0 Å². The van der Waals surface area contributed by atoms with Crippen LogP contribution in [-0.2, 0) is 11.3 Å². The molecule has 0 unspecified atom stereocenters. The van der Waals surface area contributed by atoms with Crippen molar-refractivity contribution in [3.63, 3.8) is 0 Å². The molecule has 1 atom stereocenters. The van der Waals surface area contributed by atoms with Crippen LogP contribution < -0.4 is 10.6 Å². The molecule has 7 nitrogen and oxygen atoms in total. The zero-order chi connectivity index (χ0) is 18.6. The van der Waals surface area contributed by atoms with Gasteiger partial charge in [0.15, 0.2) is 0 Å². The van der Waals surface area contributed by atoms with Gasteiger partial charge in [0.1, 0.15) is 0 Å². The number of hydrogen-bond acceptors (Lipinski definition) is 4. The topological polar surface area (TPSA) is 78.8 Å². The Kier molecular flexibility index (Phi) is 5.80. The van der Waals surface area contributed by atoms with Crippen molar-refractivity contribution >= 4 is 22.6 Å². The number of rotatable bonds is 6. The predicted octanol–water partition coefficient (Wildman–Crippen LogP) is 1.87. The molecule has 2 heterocycles. The second-order valence-corrected chi connectivity index (χ2v) is 7.07. The third-order valence-electron chi connectivity index (χ3n) is 4.67. The Labute approximate surface area is 153 Å². The van der Waals surface area contributed by atoms with E-state index < -0.39 is 5.60 Å². The summed E-state index contributed by atoms with van der Waals surface area (Å²) in [7, 11) is 0. The summed E-state index contributed by atoms with van der Waals surface area (Å²) >= 11 is 0. The number of carbonyl (C=O) groups excluding carboxylic acids is 1. The molecule has 0 spiro atoms. The average molecular weight is 360 g/mol. The van der Waals surface area contributed by atoms with E-state index in [-0.39, 0.29) is 12.6 Å². The number of amides is 2. The van der Waals surface area contributed by atoms with Crippen LogP contribution in [0.15, 0.2) is 30.5 Å². The number of aliphatic hydroxyl groups is 1. The number of fused-ring (bicyclic) bond motifs is 1. The summed E-state index contributed by atoms with van der Waals surface area (Å²) in [5.41, 5.74) is 0.830. The number of aryl methyl sites for hydroxylation is 1. The normalized spacial score (nSPS) is 17.8. The van der Waals surface area contributed by atoms with E-state index in [4.69, 9.17) is 4.74 Å². The largest absolute Gasteiger partial charge is 0.387 e. The molecule has 1 aliphatic rings. The number of benzene rings is 1. The highest BCUT2D eigenvalue weighted by molar-refractivity contribution is 5.92. The first kappa shape index (κ1) is 18.7. The molecule has 3 rings (SSSR count). The Morgan fingerprint density at radius 1 is 1.31 bits per heavy atom. The lowest BCUT2D eigenvalue weighted by molar-refractivity contribution is -0.0205. The molecule has 1 aliphatic heterocycles. The minimum absolute atomic E-state index is 0.184. The predicted molar refractivity (Wildman–Crippen MR) is 103 cm³/mol. The van der Waals surface area contributed by atoms with E-state index in [1.165, 1.54) is 0 Å². The van der Waals surface area contributed by atoms with E-state index in [1.54, 1.807) is 6.92 Å². The molecule has 0 saturated carbocycles. The second kappa shape index (κ2) is 8.07. The van der Waals surface area contributed by atoms with E-state index in [1.807, 2.05) is 24.4 Å². The number of carbonyl (C=O) groups is 1. The van der Waals surface area contributed by atoms with E-state index in [0.29, 0.717) is 19.8 Å². The van der Waals surface area contributed by atoms with E-state index in [9.17, 15) is 9.90 Å². The SMILES string of the molecule is CCn1ccc2ccc(NC(=O)NC[C@](C)(O)CN3CCOCC3)cc21. The molecule has 2 amide bonds. The molecule has 7 heteroatoms. The molecule has 26 heavy (non-hydrogen) atoms. The third-order valence-corrected chi connectivity index (χ3v) is 4.67. The fourth-order valence-corrected chi connectivity index (χ4v) is 3.28. The lowest BCUT2D eigenvalue weighted by Gasteiger charge is -2.33. The van der Waals surface area contributed by atoms with Crippen molar-refractivity contribution < 1.29 is 14.6 Å². The molecule has 2 aromatic rings. The van der Waals surface area contributed by atoms with Crippen molar-refractivity contribution in [1.29, 1.82) is 0 Å². The number of hydrogen-bond donors (Lipinski definition) is 3. The van der Waals surface area contributed by atoms with E-state index in [0.717, 1.165) is 36.2 Å². The first-order valence-corrected chi connectivity index (χ1v) is 9.13. The molecule has 1 aromatic carbocycles. The molecule has 3 N–H and O–H groups in total. The summed E-state index contributed by atoms with van der Waals surface area (Å²) in [6.07, 6.45) is 2.04. The molecular formula is C19H28N4O3. The maximum absolute atomic E-state index is 12.2. The van der Waals surface area contributed by atoms with Gasteiger partial charge in [0.2, 0.25) is 0 Å². The van der Waals surface area contributed by atoms with E-state index >= 15 is 0 Å². The maximum atomic E-state index is 12.2. The van der Waals surface area contributed by atoms with Gasteiger partial charge in [0, 0.05) is 44.6 Å². The van der Waals surface area contributed by atoms with Crippen LogP contribution in [0.25, 0.3) is 10.9 Å². The van der Waals surface area contributed by atoms with Gasteiger partial charge in [0.05, 0.1) is 24.3 Å². The number of ether oxygens (including phenoxy) is 1. The van der Waals surface area contributed by atoms with Gasteiger partial charge >= 0.3 is 6.03 Å². The van der Waals surface area contributed by atoms with Crippen LogP contribution in [0.5, 0.6) is 0 Å². The number of morpholine rings is 1. The van der Waals surface area contributed by atoms with Crippen LogP contribution in [0.2, 0.25) is 0 Å². The van der Waals surface area contributed by atoms with Gasteiger partial charge in [-0.3, -0.25) is 4.90 Å². The summed E-state index contributed by atoms with van der Waals surface area (Å²) in [5, 5.41) is 17.3. The summed E-state index contributed by atoms with van der Waals surface area (Å²) in [5.74, 6) is 0. The van der Waals surface area contributed by atoms with Gasteiger partial charge < -0.3 is 25.0 Å². The van der Waals surface area contributed by atoms with Gasteiger partial charge in [-0.25, -0.2) is 4.79 Å². The highest BCUT2D eigenvalue weighted by Crippen LogP contribution is 2.20. The van der Waals surface area contributed by atoms with Gasteiger partial charge in [-0.2, -0.15) is 0 Å². The fraction of sp³-hybridized carbons (Fsp3) is 0.526. The standard InChI is InChI=1S/C19H28N4O3/c1-3-23-7-6-15-4-5-16(12-17(15)23)21-18(24)20-13-19(2,25)14-22-8-10-26-11-9-22/h4-7,12,25H,3,8-11,13-14H2,1-2H3,(H2,20,21,24)/t19-/m0/s1. The quantitative estimate of drug-likeness (QED) is 0.735. The summed E-state index contributed by atoms with van der Waals surface area (Å²) in [4.78, 5) is 14.4. The Hall–Kier alpha value is -2.09. The first-order valence-electron chi connectivity index (χ1n) is 9.13. The molecule has 0 aliphatic carbocycles. The van der Waals surface area contributed by atoms with Gasteiger partial charge in [-0.05, 0) is 37.4 Å². The summed E-state index contributed by atoms with van der Waals surface area (Å²) < 4.78 is 7.45. The van der Waals surface area contributed by atoms with E-state index in [2.05, 4.69) is 33.1 Å². The zero-order valence-corrected chi connectivity index (χ0v) is 15.5. The van der Waals surface area contributed by atoms with Crippen LogP contribution in [0.1, 0.15) is 13.8 Å². The number of anilines is 1. The highest BCUT2D eigenvalue weighted by Gasteiger charge is 2.25. The van der Waals surface area contributed by atoms with Crippen molar-refractivity contribution in [2.75, 3.05) is 44.7 Å². The van der Waals surface area contributed by atoms with Crippen molar-refractivity contribution in [2.24, 2.45) is 0 Å². The van der Waals surface area contributed by atoms with Gasteiger partial charge in [-0.1, -0.05) is 6.07 Å². The van der Waals surface area contributed by atoms with Crippen LogP contribution in [-0.4, -0.2) is 65.6 Å². The number of nitrogens with one attached hydrogen (secondary N) is 2. The van der Waals surface area contributed by atoms with Gasteiger partial charge in [0.25, 0.3) is 0 Å². The second-order valence-electron chi connectivity index (χ2n) is 7.07. The molecule has 0 bridgehead atoms. The third kappa shape index (κ3) is 4.75. The van der Waals surface area contributed by atoms with Crippen molar-refractivity contribution in [1.82, 2.24) is 14.8 Å². The van der Waals surface area contributed by atoms with Crippen molar-refractivity contribution in [2.45, 2.75) is 26.0 Å². The van der Waals surface area contributed by atoms with Crippen LogP contribution in [0.3, 0.4) is 0 Å². The maximum Gasteiger partial charge on any atom is 0.319 e. The van der Waals surface area contributed by atoms with Crippen LogP contribution in [0, 0.1) is 0 Å². The Morgan fingerprint density at radius 3 is 2.81 bits per heavy atom. The monoisotopic (exact) mass is 360 g/mol. The molecule has 1 saturated heterocycles. The minimum Gasteiger partial charge on any atom is -0.387 e. The molecule has 1 fully saturated rings. The summed E-state index contributed by atoms with van der Waals surface area (Å²) in [6, 6.07) is 7.58. The summed E-state index contributed by atoms with van der Waals surface area (Å²) in [6.45, 7) is 8.38. The average Bonchev–Trinajstić information content (AvgIpc) is 3.03. The smallest absolute Gasteiger partial charge is 0.319 e. The molecular weight excluding hydrogens is 332 g/mol. The van der Waals surface area contributed by atoms with Crippen LogP contribution in [0.4, 0.5) is 10.5 Å². The highest BCUT2D eigenvalue weighted by atomic mass is 16.5. The lowest BCUT2D eigenvalue weighted by atomic mass is 10.1. The number of aromatic nitrogens is 1. The fourth-order valence-electron chi connectivity index (χ4n) is 3.28. The van der Waals surface area contributed by atoms with Crippen LogP contribution >= 0.6 is 0 Å². The number of urea groups is 1. The molecule has 0 radical (unpaired) electrons. The molecule has 1 aromatic heterocycles. The molecule has 142 valence electrons. The number of nitrogens with zero attached hydrogens (tertiary/aromatic N) is 2.